The first-order valence-electron chi connectivity index (χ1n) is 4.26. The lowest BCUT2D eigenvalue weighted by Crippen LogP contribution is -2.19. The number of hydrogen-bond acceptors (Lipinski definition) is 2. The Bertz CT molecular complexity index is 149. The summed E-state index contributed by atoms with van der Waals surface area (Å²) in [4.78, 5) is 2.41. The molecule has 0 radical (unpaired) electrons. The molecule has 1 aliphatic rings. The summed E-state index contributed by atoms with van der Waals surface area (Å²) >= 11 is 0. The van der Waals surface area contributed by atoms with E-state index in [4.69, 9.17) is 0 Å². The van der Waals surface area contributed by atoms with Gasteiger partial charge in [0, 0.05) is 0 Å². The molecule has 0 aromatic carbocycles. The summed E-state index contributed by atoms with van der Waals surface area (Å²) in [5.74, 6) is 6.20. The Morgan fingerprint density at radius 1 is 1.27 bits per heavy atom. The summed E-state index contributed by atoms with van der Waals surface area (Å²) in [6.07, 6.45) is 2.71. The van der Waals surface area contributed by atoms with E-state index in [0.717, 1.165) is 13.1 Å². The molecule has 2 heteroatoms. The van der Waals surface area contributed by atoms with Crippen LogP contribution in [0, 0.1) is 11.8 Å². The van der Waals surface area contributed by atoms with Crippen LogP contribution in [0.4, 0.5) is 0 Å². The Morgan fingerprint density at radius 2 is 2.00 bits per heavy atom. The molecule has 0 aromatic rings. The zero-order valence-electron chi connectivity index (χ0n) is 7.19. The number of nitrogens with one attached hydrogen (secondary N) is 1. The first kappa shape index (κ1) is 8.58. The van der Waals surface area contributed by atoms with E-state index in [1.807, 2.05) is 7.05 Å². The van der Waals surface area contributed by atoms with Gasteiger partial charge in [-0.25, -0.2) is 0 Å². The van der Waals surface area contributed by atoms with Crippen molar-refractivity contribution in [1.29, 1.82) is 0 Å². The normalized spacial score (nSPS) is 17.9. The van der Waals surface area contributed by atoms with Gasteiger partial charge in [0.2, 0.25) is 0 Å². The molecule has 0 unspecified atom stereocenters. The molecule has 2 nitrogen and oxygen atoms in total. The summed E-state index contributed by atoms with van der Waals surface area (Å²) in [6.45, 7) is 4.26. The maximum atomic E-state index is 3.14. The maximum Gasteiger partial charge on any atom is 0.0602 e. The summed E-state index contributed by atoms with van der Waals surface area (Å²) < 4.78 is 0. The van der Waals surface area contributed by atoms with Crippen molar-refractivity contribution in [3.8, 4) is 11.8 Å². The third-order valence-corrected chi connectivity index (χ3v) is 1.89. The van der Waals surface area contributed by atoms with Crippen LogP contribution >= 0.6 is 0 Å². The second-order valence-corrected chi connectivity index (χ2v) is 2.87. The highest BCUT2D eigenvalue weighted by Crippen LogP contribution is 2.05. The van der Waals surface area contributed by atoms with Gasteiger partial charge in [-0.15, -0.1) is 0 Å². The van der Waals surface area contributed by atoms with Crippen molar-refractivity contribution >= 4 is 0 Å². The van der Waals surface area contributed by atoms with Crippen molar-refractivity contribution in [2.75, 3.05) is 33.2 Å². The van der Waals surface area contributed by atoms with E-state index in [9.17, 15) is 0 Å². The number of likely N-dealkylation sites (tertiary alicyclic amines) is 1. The van der Waals surface area contributed by atoms with Crippen LogP contribution in [0.2, 0.25) is 0 Å². The Hall–Kier alpha value is -0.520. The highest BCUT2D eigenvalue weighted by Gasteiger charge is 2.08. The average Bonchev–Trinajstić information content (AvgIpc) is 2.50. The van der Waals surface area contributed by atoms with Crippen LogP contribution in [0.3, 0.4) is 0 Å². The molecule has 1 N–H and O–H groups in total. The van der Waals surface area contributed by atoms with E-state index >= 15 is 0 Å². The minimum Gasteiger partial charge on any atom is -0.309 e. The van der Waals surface area contributed by atoms with Crippen LogP contribution in [0.25, 0.3) is 0 Å². The van der Waals surface area contributed by atoms with Gasteiger partial charge in [-0.1, -0.05) is 11.8 Å². The molecular weight excluding hydrogens is 136 g/mol. The predicted octanol–water partition coefficient (Wildman–Crippen LogP) is 0.305. The van der Waals surface area contributed by atoms with Crippen LogP contribution in [-0.4, -0.2) is 38.1 Å². The monoisotopic (exact) mass is 152 g/mol. The van der Waals surface area contributed by atoms with Crippen LogP contribution in [0.5, 0.6) is 0 Å². The maximum absolute atomic E-state index is 3.14. The molecule has 1 fully saturated rings. The Labute approximate surface area is 69.0 Å². The van der Waals surface area contributed by atoms with Gasteiger partial charge < -0.3 is 5.32 Å². The van der Waals surface area contributed by atoms with Gasteiger partial charge in [-0.3, -0.25) is 4.90 Å². The molecule has 0 saturated carbocycles. The highest BCUT2D eigenvalue weighted by atomic mass is 15.1. The van der Waals surface area contributed by atoms with Crippen LogP contribution in [-0.2, 0) is 0 Å². The Morgan fingerprint density at radius 3 is 2.64 bits per heavy atom. The van der Waals surface area contributed by atoms with Gasteiger partial charge in [0.1, 0.15) is 0 Å². The van der Waals surface area contributed by atoms with Crippen LogP contribution < -0.4 is 5.32 Å². The third kappa shape index (κ3) is 3.41. The van der Waals surface area contributed by atoms with Gasteiger partial charge >= 0.3 is 0 Å². The minimum atomic E-state index is 0.813. The molecule has 1 aliphatic heterocycles. The Kier molecular flexibility index (Phi) is 4.03. The van der Waals surface area contributed by atoms with Crippen molar-refractivity contribution in [3.05, 3.63) is 0 Å². The zero-order chi connectivity index (χ0) is 7.94. The van der Waals surface area contributed by atoms with Crippen LogP contribution in [0.15, 0.2) is 0 Å². The van der Waals surface area contributed by atoms with Crippen molar-refractivity contribution in [3.63, 3.8) is 0 Å². The van der Waals surface area contributed by atoms with E-state index in [1.54, 1.807) is 0 Å². The summed E-state index contributed by atoms with van der Waals surface area (Å²) in [6, 6.07) is 0. The molecule has 0 aliphatic carbocycles. The Balaban J connectivity index is 2.06. The molecule has 1 rings (SSSR count). The van der Waals surface area contributed by atoms with E-state index in [-0.39, 0.29) is 0 Å². The largest absolute Gasteiger partial charge is 0.309 e. The molecule has 1 saturated heterocycles. The average molecular weight is 152 g/mol. The summed E-state index contributed by atoms with van der Waals surface area (Å²) in [5, 5.41) is 3.00. The van der Waals surface area contributed by atoms with Gasteiger partial charge in [0.25, 0.3) is 0 Å². The van der Waals surface area contributed by atoms with E-state index in [1.165, 1.54) is 25.9 Å². The predicted molar refractivity (Wildman–Crippen MR) is 47.4 cm³/mol. The highest BCUT2D eigenvalue weighted by molar-refractivity contribution is 5.02. The molecule has 0 bridgehead atoms. The van der Waals surface area contributed by atoms with Gasteiger partial charge in [0.05, 0.1) is 13.1 Å². The number of hydrogen-bond donors (Lipinski definition) is 1. The molecule has 62 valence electrons. The van der Waals surface area contributed by atoms with Crippen molar-refractivity contribution in [2.24, 2.45) is 0 Å². The fourth-order valence-electron chi connectivity index (χ4n) is 1.26. The lowest BCUT2D eigenvalue weighted by Gasteiger charge is -2.08. The lowest BCUT2D eigenvalue weighted by molar-refractivity contribution is 0.383. The second-order valence-electron chi connectivity index (χ2n) is 2.87. The van der Waals surface area contributed by atoms with Crippen molar-refractivity contribution < 1.29 is 0 Å². The third-order valence-electron chi connectivity index (χ3n) is 1.89. The second kappa shape index (κ2) is 5.17. The number of nitrogens with zero attached hydrogens (tertiary/aromatic N) is 1. The van der Waals surface area contributed by atoms with E-state index in [0.29, 0.717) is 0 Å². The first-order valence-corrected chi connectivity index (χ1v) is 4.26. The van der Waals surface area contributed by atoms with E-state index < -0.39 is 0 Å². The van der Waals surface area contributed by atoms with Gasteiger partial charge in [0.15, 0.2) is 0 Å². The fourth-order valence-corrected chi connectivity index (χ4v) is 1.26. The smallest absolute Gasteiger partial charge is 0.0602 e. The van der Waals surface area contributed by atoms with E-state index in [2.05, 4.69) is 22.1 Å². The molecule has 0 spiro atoms. The topological polar surface area (TPSA) is 15.3 Å². The first-order chi connectivity index (χ1) is 5.43. The SMILES string of the molecule is CNCC#CCN1CCCC1. The molecule has 0 atom stereocenters. The summed E-state index contributed by atoms with van der Waals surface area (Å²) in [5.41, 5.74) is 0. The number of rotatable bonds is 2. The molecule has 0 aromatic heterocycles. The van der Waals surface area contributed by atoms with Gasteiger partial charge in [-0.05, 0) is 33.0 Å². The summed E-state index contributed by atoms with van der Waals surface area (Å²) in [7, 11) is 1.92. The fraction of sp³-hybridized carbons (Fsp3) is 0.778. The van der Waals surface area contributed by atoms with Crippen molar-refractivity contribution in [1.82, 2.24) is 10.2 Å². The standard InChI is InChI=1S/C9H16N2/c1-10-6-2-3-7-11-8-4-5-9-11/h10H,4-9H2,1H3. The molecule has 11 heavy (non-hydrogen) atoms. The zero-order valence-corrected chi connectivity index (χ0v) is 7.19. The van der Waals surface area contributed by atoms with Crippen molar-refractivity contribution in [2.45, 2.75) is 12.8 Å². The lowest BCUT2D eigenvalue weighted by atomic mass is 10.4. The molecular formula is C9H16N2. The minimum absolute atomic E-state index is 0.813. The quantitative estimate of drug-likeness (QED) is 0.573. The molecule has 1 heterocycles. The van der Waals surface area contributed by atoms with Crippen LogP contribution in [0.1, 0.15) is 12.8 Å². The van der Waals surface area contributed by atoms with Gasteiger partial charge in [-0.2, -0.15) is 0 Å². The molecule has 0 amide bonds.